The zero-order valence-corrected chi connectivity index (χ0v) is 29.2. The number of nitrogens with zero attached hydrogens (tertiary/aromatic N) is 1. The molecule has 3 atom stereocenters. The first-order valence-electron chi connectivity index (χ1n) is 16.3. The number of aromatic amines is 1. The first-order valence-corrected chi connectivity index (χ1v) is 16.7. The minimum absolute atomic E-state index is 0.0142. The maximum Gasteiger partial charge on any atom is 0.237 e. The number of H-pyrrole nitrogens is 1. The van der Waals surface area contributed by atoms with Crippen molar-refractivity contribution >= 4 is 40.1 Å². The van der Waals surface area contributed by atoms with Crippen LogP contribution in [-0.4, -0.2) is 54.4 Å². The number of Topliss-reactive ketones (excluding diaryl/α,β-unsaturated/α-hetero) is 2. The highest BCUT2D eigenvalue weighted by atomic mass is 35.5. The third-order valence-corrected chi connectivity index (χ3v) is 9.98. The van der Waals surface area contributed by atoms with Crippen LogP contribution in [0, 0.1) is 11.8 Å². The maximum atomic E-state index is 14.9. The molecule has 2 N–H and O–H groups in total. The highest BCUT2D eigenvalue weighted by molar-refractivity contribution is 6.36. The monoisotopic (exact) mass is 697 g/mol. The second kappa shape index (κ2) is 12.5. The number of halogens is 1. The molecule has 3 aromatic carbocycles. The van der Waals surface area contributed by atoms with Crippen molar-refractivity contribution in [1.29, 1.82) is 0 Å². The van der Waals surface area contributed by atoms with E-state index in [4.69, 9.17) is 39.9 Å². The normalized spacial score (nSPS) is 18.6. The second-order valence-corrected chi connectivity index (χ2v) is 13.3. The minimum Gasteiger partial charge on any atom is -0.497 e. The average molecular weight is 698 g/mol. The highest BCUT2D eigenvalue weighted by Crippen LogP contribution is 2.54. The summed E-state index contributed by atoms with van der Waals surface area (Å²) in [4.78, 5) is 51.4. The molecular weight excluding hydrogens is 662 g/mol. The van der Waals surface area contributed by atoms with Gasteiger partial charge in [-0.25, -0.2) is 4.98 Å². The summed E-state index contributed by atoms with van der Waals surface area (Å²) in [5.74, 6) is 0.124. The van der Waals surface area contributed by atoms with Crippen LogP contribution in [0.3, 0.4) is 0 Å². The Balaban J connectivity index is 1.31. The van der Waals surface area contributed by atoms with Crippen LogP contribution >= 0.6 is 11.6 Å². The number of hydrogen-bond donors (Lipinski definition) is 2. The summed E-state index contributed by atoms with van der Waals surface area (Å²) >= 11 is 6.65. The van der Waals surface area contributed by atoms with Gasteiger partial charge in [-0.1, -0.05) is 44.5 Å². The standard InChI is InChI=1S/C38H36ClN3O8/c1-18(2)32(37-40-23-9-7-8-10-24(23)41-37)42-28(43)16-22-29-26(49-33(22)20-11-13-21(46-4)14-12-20)15-19(3)38(35(29)44)36(45)30-25(47-5)17-27(48-6)31(39)34(30)50-38/h7-14,17-19,32H,15-16H2,1-6H3,(H,40,41)(H,42,43). The van der Waals surface area contributed by atoms with Crippen LogP contribution in [0.2, 0.25) is 5.02 Å². The van der Waals surface area contributed by atoms with Gasteiger partial charge in [-0.15, -0.1) is 0 Å². The molecule has 5 aromatic rings. The van der Waals surface area contributed by atoms with Crippen molar-refractivity contribution in [2.24, 2.45) is 11.8 Å². The van der Waals surface area contributed by atoms with E-state index in [0.29, 0.717) is 34.2 Å². The molecule has 11 nitrogen and oxygen atoms in total. The molecule has 1 aliphatic carbocycles. The number of amides is 1. The molecule has 0 fully saturated rings. The molecule has 0 bridgehead atoms. The molecule has 12 heteroatoms. The molecule has 1 aliphatic heterocycles. The fourth-order valence-electron chi connectivity index (χ4n) is 7.03. The molecular formula is C38H36ClN3O8. The van der Waals surface area contributed by atoms with Crippen LogP contribution in [0.4, 0.5) is 0 Å². The SMILES string of the molecule is COc1ccc(-c2oc3c(c2CC(=O)NC(c2nc4ccccc4[nH]2)C(C)C)C(=O)C2(Oc4c(Cl)c(OC)cc(OC)c4C2=O)C(C)C3)cc1. The molecule has 50 heavy (non-hydrogen) atoms. The molecule has 2 aromatic heterocycles. The average Bonchev–Trinajstić information content (AvgIpc) is 3.79. The fraction of sp³-hybridized carbons (Fsp3) is 0.316. The molecule has 3 heterocycles. The van der Waals surface area contributed by atoms with Gasteiger partial charge in [0.2, 0.25) is 23.1 Å². The molecule has 7 rings (SSSR count). The fourth-order valence-corrected chi connectivity index (χ4v) is 7.30. The van der Waals surface area contributed by atoms with Crippen molar-refractivity contribution < 1.29 is 37.7 Å². The lowest BCUT2D eigenvalue weighted by Gasteiger charge is -2.35. The van der Waals surface area contributed by atoms with E-state index in [1.165, 1.54) is 20.3 Å². The van der Waals surface area contributed by atoms with Gasteiger partial charge in [0.15, 0.2) is 5.75 Å². The molecule has 3 unspecified atom stereocenters. The molecule has 1 amide bonds. The number of carbonyl (C=O) groups is 3. The van der Waals surface area contributed by atoms with Gasteiger partial charge in [0.25, 0.3) is 0 Å². The summed E-state index contributed by atoms with van der Waals surface area (Å²) in [5.41, 5.74) is 0.840. The van der Waals surface area contributed by atoms with E-state index >= 15 is 0 Å². The number of methoxy groups -OCH3 is 3. The van der Waals surface area contributed by atoms with E-state index in [-0.39, 0.29) is 58.1 Å². The van der Waals surface area contributed by atoms with Crippen molar-refractivity contribution in [3.8, 4) is 34.3 Å². The van der Waals surface area contributed by atoms with Crippen LogP contribution < -0.4 is 24.3 Å². The van der Waals surface area contributed by atoms with Crippen molar-refractivity contribution in [2.45, 2.75) is 45.3 Å². The van der Waals surface area contributed by atoms with Gasteiger partial charge in [0.1, 0.15) is 45.2 Å². The molecule has 0 radical (unpaired) electrons. The summed E-state index contributed by atoms with van der Waals surface area (Å²) in [6.07, 6.45) is -0.0465. The Kier molecular flexibility index (Phi) is 8.34. The number of rotatable bonds is 9. The van der Waals surface area contributed by atoms with Gasteiger partial charge in [0.05, 0.1) is 50.4 Å². The summed E-state index contributed by atoms with van der Waals surface area (Å²) < 4.78 is 29.1. The minimum atomic E-state index is -1.97. The van der Waals surface area contributed by atoms with Crippen molar-refractivity contribution in [3.63, 3.8) is 0 Å². The Hall–Kier alpha value is -5.29. The number of para-hydroxylation sites is 2. The van der Waals surface area contributed by atoms with Crippen LogP contribution in [0.1, 0.15) is 64.7 Å². The van der Waals surface area contributed by atoms with E-state index < -0.39 is 29.1 Å². The number of imidazole rings is 1. The Morgan fingerprint density at radius 1 is 1.02 bits per heavy atom. The third-order valence-electron chi connectivity index (χ3n) is 9.62. The number of aromatic nitrogens is 2. The second-order valence-electron chi connectivity index (χ2n) is 12.9. The van der Waals surface area contributed by atoms with Crippen LogP contribution in [0.15, 0.2) is 59.0 Å². The number of fused-ring (bicyclic) bond motifs is 3. The topological polar surface area (TPSA) is 142 Å². The number of ketones is 2. The van der Waals surface area contributed by atoms with Gasteiger partial charge in [0, 0.05) is 29.5 Å². The van der Waals surface area contributed by atoms with Crippen molar-refractivity contribution in [2.75, 3.05) is 21.3 Å². The molecule has 0 saturated heterocycles. The lowest BCUT2D eigenvalue weighted by molar-refractivity contribution is -0.121. The van der Waals surface area contributed by atoms with Gasteiger partial charge < -0.3 is 33.7 Å². The van der Waals surface area contributed by atoms with Gasteiger partial charge >= 0.3 is 0 Å². The Labute approximate surface area is 293 Å². The van der Waals surface area contributed by atoms with Gasteiger partial charge in [-0.3, -0.25) is 14.4 Å². The number of ether oxygens (including phenoxy) is 4. The summed E-state index contributed by atoms with van der Waals surface area (Å²) in [5, 5.41) is 3.18. The molecule has 258 valence electrons. The quantitative estimate of drug-likeness (QED) is 0.157. The summed E-state index contributed by atoms with van der Waals surface area (Å²) in [6, 6.07) is 15.8. The number of furan rings is 1. The number of nitrogens with one attached hydrogen (secondary N) is 2. The molecule has 1 spiro atoms. The first kappa shape index (κ1) is 33.2. The first-order chi connectivity index (χ1) is 24.0. The van der Waals surface area contributed by atoms with Crippen molar-refractivity contribution in [1.82, 2.24) is 15.3 Å². The Bertz CT molecular complexity index is 2140. The van der Waals surface area contributed by atoms with E-state index in [9.17, 15) is 14.4 Å². The molecule has 2 aliphatic rings. The van der Waals surface area contributed by atoms with Crippen LogP contribution in [0.25, 0.3) is 22.4 Å². The highest BCUT2D eigenvalue weighted by Gasteiger charge is 2.63. The predicted octanol–water partition coefficient (Wildman–Crippen LogP) is 6.95. The Morgan fingerprint density at radius 3 is 2.38 bits per heavy atom. The van der Waals surface area contributed by atoms with Gasteiger partial charge in [-0.05, 0) is 42.3 Å². The zero-order chi connectivity index (χ0) is 35.5. The number of hydrogen-bond acceptors (Lipinski definition) is 9. The zero-order valence-electron chi connectivity index (χ0n) is 28.4. The van der Waals surface area contributed by atoms with E-state index in [0.717, 1.165) is 11.0 Å². The van der Waals surface area contributed by atoms with Crippen LogP contribution in [-0.2, 0) is 17.6 Å². The summed E-state index contributed by atoms with van der Waals surface area (Å²) in [6.45, 7) is 5.74. The lowest BCUT2D eigenvalue weighted by Crippen LogP contribution is -2.56. The van der Waals surface area contributed by atoms with E-state index in [1.807, 2.05) is 38.1 Å². The molecule has 0 saturated carbocycles. The smallest absolute Gasteiger partial charge is 0.237 e. The number of carbonyl (C=O) groups excluding carboxylic acids is 3. The summed E-state index contributed by atoms with van der Waals surface area (Å²) in [7, 11) is 4.41. The Morgan fingerprint density at radius 2 is 1.72 bits per heavy atom. The van der Waals surface area contributed by atoms with Crippen LogP contribution in [0.5, 0.6) is 23.0 Å². The lowest BCUT2D eigenvalue weighted by atomic mass is 9.70. The van der Waals surface area contributed by atoms with Crippen molar-refractivity contribution in [3.05, 3.63) is 87.9 Å². The third kappa shape index (κ3) is 5.10. The largest absolute Gasteiger partial charge is 0.497 e. The van der Waals surface area contributed by atoms with E-state index in [1.54, 1.807) is 38.3 Å². The van der Waals surface area contributed by atoms with Gasteiger partial charge in [-0.2, -0.15) is 0 Å². The van der Waals surface area contributed by atoms with E-state index in [2.05, 4.69) is 10.3 Å². The predicted molar refractivity (Wildman–Crippen MR) is 186 cm³/mol. The number of benzene rings is 3. The maximum absolute atomic E-state index is 14.9.